The third kappa shape index (κ3) is 1.92. The van der Waals surface area contributed by atoms with Crippen molar-refractivity contribution < 1.29 is 4.79 Å². The quantitative estimate of drug-likeness (QED) is 0.776. The Labute approximate surface area is 95.1 Å². The molecular formula is C13H14N2O. The lowest BCUT2D eigenvalue weighted by atomic mass is 9.95. The Balaban J connectivity index is 2.04. The van der Waals surface area contributed by atoms with Gasteiger partial charge in [0.15, 0.2) is 0 Å². The standard InChI is InChI=1S/C13H14N2O/c14-9-4-10-15-12(16)13(7-8-13)11-5-2-1-3-6-11/h1-3,5-6H,4,7-8,10H2,(H,15,16). The minimum atomic E-state index is -0.309. The fraction of sp³-hybridized carbons (Fsp3) is 0.385. The molecule has 1 N–H and O–H groups in total. The zero-order valence-corrected chi connectivity index (χ0v) is 9.07. The summed E-state index contributed by atoms with van der Waals surface area (Å²) in [4.78, 5) is 12.0. The van der Waals surface area contributed by atoms with Crippen LogP contribution in [0.2, 0.25) is 0 Å². The molecule has 1 aromatic carbocycles. The highest BCUT2D eigenvalue weighted by Crippen LogP contribution is 2.48. The van der Waals surface area contributed by atoms with Gasteiger partial charge in [-0.15, -0.1) is 0 Å². The minimum Gasteiger partial charge on any atom is -0.354 e. The van der Waals surface area contributed by atoms with E-state index in [1.807, 2.05) is 36.4 Å². The van der Waals surface area contributed by atoms with E-state index in [-0.39, 0.29) is 11.3 Å². The average molecular weight is 214 g/mol. The molecule has 0 saturated heterocycles. The van der Waals surface area contributed by atoms with E-state index < -0.39 is 0 Å². The van der Waals surface area contributed by atoms with Gasteiger partial charge in [-0.1, -0.05) is 30.3 Å². The van der Waals surface area contributed by atoms with Gasteiger partial charge < -0.3 is 5.32 Å². The third-order valence-electron chi connectivity index (χ3n) is 3.03. The second kappa shape index (κ2) is 4.36. The Morgan fingerprint density at radius 3 is 2.62 bits per heavy atom. The maximum absolute atomic E-state index is 12.0. The van der Waals surface area contributed by atoms with Crippen molar-refractivity contribution in [2.45, 2.75) is 24.7 Å². The first-order chi connectivity index (χ1) is 7.79. The lowest BCUT2D eigenvalue weighted by Crippen LogP contribution is -2.35. The fourth-order valence-electron chi connectivity index (χ4n) is 1.93. The van der Waals surface area contributed by atoms with Crippen LogP contribution in [0, 0.1) is 11.3 Å². The van der Waals surface area contributed by atoms with Crippen LogP contribution in [-0.4, -0.2) is 12.5 Å². The number of benzene rings is 1. The van der Waals surface area contributed by atoms with E-state index in [1.54, 1.807) is 0 Å². The number of carbonyl (C=O) groups excluding carboxylic acids is 1. The van der Waals surface area contributed by atoms with Crippen molar-refractivity contribution >= 4 is 5.91 Å². The van der Waals surface area contributed by atoms with Crippen molar-refractivity contribution in [3.63, 3.8) is 0 Å². The highest BCUT2D eigenvalue weighted by atomic mass is 16.2. The zero-order valence-electron chi connectivity index (χ0n) is 9.07. The van der Waals surface area contributed by atoms with Crippen LogP contribution < -0.4 is 5.32 Å². The van der Waals surface area contributed by atoms with Crippen LogP contribution in [0.5, 0.6) is 0 Å². The number of amides is 1. The van der Waals surface area contributed by atoms with Gasteiger partial charge in [-0.05, 0) is 18.4 Å². The van der Waals surface area contributed by atoms with Crippen LogP contribution >= 0.6 is 0 Å². The third-order valence-corrected chi connectivity index (χ3v) is 3.03. The van der Waals surface area contributed by atoms with Crippen LogP contribution in [0.1, 0.15) is 24.8 Å². The number of carbonyl (C=O) groups is 1. The summed E-state index contributed by atoms with van der Waals surface area (Å²) in [7, 11) is 0. The predicted octanol–water partition coefficient (Wildman–Crippen LogP) is 1.75. The van der Waals surface area contributed by atoms with Crippen LogP contribution in [0.15, 0.2) is 30.3 Å². The molecule has 0 unspecified atom stereocenters. The van der Waals surface area contributed by atoms with E-state index >= 15 is 0 Å². The van der Waals surface area contributed by atoms with E-state index in [2.05, 4.69) is 5.32 Å². The topological polar surface area (TPSA) is 52.9 Å². The number of nitriles is 1. The molecule has 2 rings (SSSR count). The highest BCUT2D eigenvalue weighted by molar-refractivity contribution is 5.91. The van der Waals surface area contributed by atoms with Crippen molar-refractivity contribution in [1.82, 2.24) is 5.32 Å². The van der Waals surface area contributed by atoms with E-state index in [1.165, 1.54) is 0 Å². The maximum Gasteiger partial charge on any atom is 0.230 e. The van der Waals surface area contributed by atoms with E-state index in [4.69, 9.17) is 5.26 Å². The first-order valence-corrected chi connectivity index (χ1v) is 5.50. The Hall–Kier alpha value is -1.82. The summed E-state index contributed by atoms with van der Waals surface area (Å²) in [5, 5.41) is 11.2. The number of hydrogen-bond donors (Lipinski definition) is 1. The zero-order chi connectivity index (χ0) is 11.4. The van der Waals surface area contributed by atoms with Crippen molar-refractivity contribution in [3.8, 4) is 6.07 Å². The van der Waals surface area contributed by atoms with Gasteiger partial charge in [0, 0.05) is 6.54 Å². The maximum atomic E-state index is 12.0. The van der Waals surface area contributed by atoms with Gasteiger partial charge >= 0.3 is 0 Å². The summed E-state index contributed by atoms with van der Waals surface area (Å²) in [6.45, 7) is 0.448. The Morgan fingerprint density at radius 1 is 1.38 bits per heavy atom. The first-order valence-electron chi connectivity index (χ1n) is 5.50. The molecule has 0 atom stereocenters. The average Bonchev–Trinajstić information content (AvgIpc) is 3.12. The van der Waals surface area contributed by atoms with Gasteiger partial charge in [-0.2, -0.15) is 5.26 Å². The lowest BCUT2D eigenvalue weighted by Gasteiger charge is -2.14. The summed E-state index contributed by atoms with van der Waals surface area (Å²) < 4.78 is 0. The Morgan fingerprint density at radius 2 is 2.06 bits per heavy atom. The molecule has 82 valence electrons. The molecule has 3 nitrogen and oxygen atoms in total. The van der Waals surface area contributed by atoms with Gasteiger partial charge in [0.25, 0.3) is 0 Å². The molecule has 1 aliphatic rings. The summed E-state index contributed by atoms with van der Waals surface area (Å²) in [6, 6.07) is 11.9. The van der Waals surface area contributed by atoms with Crippen molar-refractivity contribution in [3.05, 3.63) is 35.9 Å². The van der Waals surface area contributed by atoms with Crippen LogP contribution in [0.3, 0.4) is 0 Å². The van der Waals surface area contributed by atoms with Crippen LogP contribution in [-0.2, 0) is 10.2 Å². The first kappa shape index (κ1) is 10.7. The largest absolute Gasteiger partial charge is 0.354 e. The molecule has 0 bridgehead atoms. The fourth-order valence-corrected chi connectivity index (χ4v) is 1.93. The molecule has 1 aromatic rings. The van der Waals surface area contributed by atoms with E-state index in [0.29, 0.717) is 13.0 Å². The number of nitrogens with zero attached hydrogens (tertiary/aromatic N) is 1. The molecule has 1 aliphatic carbocycles. The summed E-state index contributed by atoms with van der Waals surface area (Å²) >= 11 is 0. The minimum absolute atomic E-state index is 0.0638. The molecule has 0 radical (unpaired) electrons. The molecule has 0 spiro atoms. The van der Waals surface area contributed by atoms with E-state index in [9.17, 15) is 4.79 Å². The molecule has 0 aromatic heterocycles. The number of nitrogens with one attached hydrogen (secondary N) is 1. The molecule has 0 heterocycles. The normalized spacial score (nSPS) is 16.2. The SMILES string of the molecule is N#CCCNC(=O)C1(c2ccccc2)CC1. The molecule has 3 heteroatoms. The highest BCUT2D eigenvalue weighted by Gasteiger charge is 2.50. The monoisotopic (exact) mass is 214 g/mol. The molecule has 0 aliphatic heterocycles. The Kier molecular flexibility index (Phi) is 2.91. The molecule has 1 amide bonds. The second-order valence-electron chi connectivity index (χ2n) is 4.11. The number of hydrogen-bond acceptors (Lipinski definition) is 2. The van der Waals surface area contributed by atoms with Crippen molar-refractivity contribution in [2.24, 2.45) is 0 Å². The van der Waals surface area contributed by atoms with Gasteiger partial charge in [0.2, 0.25) is 5.91 Å². The molecule has 1 fully saturated rings. The lowest BCUT2D eigenvalue weighted by molar-refractivity contribution is -0.123. The van der Waals surface area contributed by atoms with Gasteiger partial charge in [0.05, 0.1) is 17.9 Å². The summed E-state index contributed by atoms with van der Waals surface area (Å²) in [5.41, 5.74) is 0.779. The molecule has 1 saturated carbocycles. The smallest absolute Gasteiger partial charge is 0.230 e. The second-order valence-corrected chi connectivity index (χ2v) is 4.11. The van der Waals surface area contributed by atoms with Crippen molar-refractivity contribution in [1.29, 1.82) is 5.26 Å². The number of rotatable bonds is 4. The predicted molar refractivity (Wildman–Crippen MR) is 60.6 cm³/mol. The Bertz CT molecular complexity index is 415. The molecular weight excluding hydrogens is 200 g/mol. The molecule has 16 heavy (non-hydrogen) atoms. The summed E-state index contributed by atoms with van der Waals surface area (Å²) in [5.74, 6) is 0.0638. The van der Waals surface area contributed by atoms with Crippen LogP contribution in [0.25, 0.3) is 0 Å². The van der Waals surface area contributed by atoms with Gasteiger partial charge in [-0.25, -0.2) is 0 Å². The summed E-state index contributed by atoms with van der Waals surface area (Å²) in [6.07, 6.45) is 2.20. The van der Waals surface area contributed by atoms with Gasteiger partial charge in [0.1, 0.15) is 0 Å². The van der Waals surface area contributed by atoms with E-state index in [0.717, 1.165) is 18.4 Å². The van der Waals surface area contributed by atoms with Crippen LogP contribution in [0.4, 0.5) is 0 Å². The van der Waals surface area contributed by atoms with Gasteiger partial charge in [-0.3, -0.25) is 4.79 Å². The van der Waals surface area contributed by atoms with Crippen molar-refractivity contribution in [2.75, 3.05) is 6.54 Å².